The van der Waals surface area contributed by atoms with Crippen LogP contribution in [0.1, 0.15) is 5.56 Å². The number of aromatic nitrogens is 2. The van der Waals surface area contributed by atoms with Crippen LogP contribution in [0.15, 0.2) is 36.4 Å². The van der Waals surface area contributed by atoms with Gasteiger partial charge in [0, 0.05) is 37.7 Å². The van der Waals surface area contributed by atoms with E-state index in [-0.39, 0.29) is 11.7 Å². The summed E-state index contributed by atoms with van der Waals surface area (Å²) in [5, 5.41) is 3.39. The molecule has 2 heterocycles. The summed E-state index contributed by atoms with van der Waals surface area (Å²) < 4.78 is 21.6. The van der Waals surface area contributed by atoms with Crippen molar-refractivity contribution in [3.05, 3.63) is 52.8 Å². The van der Waals surface area contributed by atoms with E-state index in [9.17, 15) is 9.18 Å². The predicted molar refractivity (Wildman–Crippen MR) is 109 cm³/mol. The van der Waals surface area contributed by atoms with E-state index in [1.54, 1.807) is 6.07 Å². The summed E-state index contributed by atoms with van der Waals surface area (Å²) in [4.78, 5) is 16.8. The maximum atomic E-state index is 13.2. The zero-order valence-electron chi connectivity index (χ0n) is 15.1. The fourth-order valence-corrected chi connectivity index (χ4v) is 4.07. The lowest BCUT2D eigenvalue weighted by atomic mass is 10.2. The van der Waals surface area contributed by atoms with Crippen LogP contribution >= 0.6 is 23.3 Å². The number of nitrogens with one attached hydrogen (secondary N) is 1. The molecule has 1 fully saturated rings. The molecule has 1 N–H and O–H groups in total. The number of piperazine rings is 1. The minimum absolute atomic E-state index is 0.0597. The van der Waals surface area contributed by atoms with Crippen LogP contribution in [0.25, 0.3) is 11.0 Å². The molecule has 1 aromatic heterocycles. The Hall–Kier alpha value is -2.13. The summed E-state index contributed by atoms with van der Waals surface area (Å²) in [5.74, 6) is -0.385. The Morgan fingerprint density at radius 1 is 1.14 bits per heavy atom. The largest absolute Gasteiger partial charge is 0.323 e. The van der Waals surface area contributed by atoms with Crippen molar-refractivity contribution >= 4 is 46.0 Å². The lowest BCUT2D eigenvalue weighted by molar-refractivity contribution is -0.117. The molecule has 1 aliphatic heterocycles. The van der Waals surface area contributed by atoms with Gasteiger partial charge in [0.2, 0.25) is 5.91 Å². The first-order chi connectivity index (χ1) is 13.6. The third kappa shape index (κ3) is 4.47. The summed E-state index contributed by atoms with van der Waals surface area (Å²) in [6.45, 7) is 4.24. The SMILES string of the molecule is O=C(CN1CCN(Cc2ccc(F)cc2Cl)CC1)Nc1cccc2nsnc12. The Bertz CT molecular complexity index is 989. The summed E-state index contributed by atoms with van der Waals surface area (Å²) in [5.41, 5.74) is 3.12. The van der Waals surface area contributed by atoms with Crippen molar-refractivity contribution < 1.29 is 9.18 Å². The second-order valence-corrected chi connectivity index (χ2v) is 7.71. The molecule has 0 spiro atoms. The zero-order chi connectivity index (χ0) is 19.5. The van der Waals surface area contributed by atoms with Crippen molar-refractivity contribution in [3.8, 4) is 0 Å². The number of hydrogen-bond acceptors (Lipinski definition) is 6. The van der Waals surface area contributed by atoms with E-state index < -0.39 is 0 Å². The fraction of sp³-hybridized carbons (Fsp3) is 0.316. The first-order valence-corrected chi connectivity index (χ1v) is 10.1. The molecule has 0 bridgehead atoms. The van der Waals surface area contributed by atoms with Gasteiger partial charge in [0.15, 0.2) is 0 Å². The molecule has 0 saturated carbocycles. The topological polar surface area (TPSA) is 61.4 Å². The third-order valence-corrected chi connectivity index (χ3v) is 5.70. The van der Waals surface area contributed by atoms with Gasteiger partial charge >= 0.3 is 0 Å². The number of carbonyl (C=O) groups excluding carboxylic acids is 1. The van der Waals surface area contributed by atoms with Gasteiger partial charge in [-0.1, -0.05) is 23.7 Å². The normalized spacial score (nSPS) is 15.8. The monoisotopic (exact) mass is 419 g/mol. The molecule has 28 heavy (non-hydrogen) atoms. The average Bonchev–Trinajstić information content (AvgIpc) is 3.15. The van der Waals surface area contributed by atoms with Gasteiger partial charge < -0.3 is 5.32 Å². The lowest BCUT2D eigenvalue weighted by Crippen LogP contribution is -2.48. The number of carbonyl (C=O) groups is 1. The molecule has 0 radical (unpaired) electrons. The van der Waals surface area contributed by atoms with Gasteiger partial charge in [-0.05, 0) is 29.8 Å². The van der Waals surface area contributed by atoms with Crippen LogP contribution in [0.4, 0.5) is 10.1 Å². The zero-order valence-corrected chi connectivity index (χ0v) is 16.6. The number of benzene rings is 2. The van der Waals surface area contributed by atoms with Gasteiger partial charge in [-0.25, -0.2) is 4.39 Å². The van der Waals surface area contributed by atoms with E-state index in [1.165, 1.54) is 12.1 Å². The number of amides is 1. The maximum Gasteiger partial charge on any atom is 0.238 e. The highest BCUT2D eigenvalue weighted by Crippen LogP contribution is 2.22. The number of nitrogens with zero attached hydrogens (tertiary/aromatic N) is 4. The van der Waals surface area contributed by atoms with Crippen LogP contribution < -0.4 is 5.32 Å². The Morgan fingerprint density at radius 3 is 2.71 bits per heavy atom. The first-order valence-electron chi connectivity index (χ1n) is 8.98. The second-order valence-electron chi connectivity index (χ2n) is 6.77. The van der Waals surface area contributed by atoms with E-state index in [0.29, 0.717) is 23.8 Å². The molecule has 1 saturated heterocycles. The molecule has 2 aromatic carbocycles. The van der Waals surface area contributed by atoms with E-state index >= 15 is 0 Å². The molecular weight excluding hydrogens is 401 g/mol. The van der Waals surface area contributed by atoms with Gasteiger partial charge in [0.25, 0.3) is 0 Å². The minimum Gasteiger partial charge on any atom is -0.323 e. The van der Waals surface area contributed by atoms with Crippen LogP contribution in [-0.2, 0) is 11.3 Å². The standard InChI is InChI=1S/C19H19ClFN5OS/c20-15-10-14(21)5-4-13(15)11-25-6-8-26(9-7-25)12-18(27)22-16-2-1-3-17-19(16)24-28-23-17/h1-5,10H,6-9,11-12H2,(H,22,27). The first kappa shape index (κ1) is 19.2. The van der Waals surface area contributed by atoms with Crippen molar-refractivity contribution in [2.24, 2.45) is 0 Å². The molecule has 3 aromatic rings. The highest BCUT2D eigenvalue weighted by molar-refractivity contribution is 7.00. The summed E-state index contributed by atoms with van der Waals surface area (Å²) in [7, 11) is 0. The van der Waals surface area contributed by atoms with Crippen LogP contribution in [-0.4, -0.2) is 57.2 Å². The highest BCUT2D eigenvalue weighted by Gasteiger charge is 2.20. The molecule has 0 atom stereocenters. The molecule has 0 aliphatic carbocycles. The molecule has 0 unspecified atom stereocenters. The van der Waals surface area contributed by atoms with Crippen molar-refractivity contribution in [1.82, 2.24) is 18.5 Å². The number of hydrogen-bond donors (Lipinski definition) is 1. The molecule has 9 heteroatoms. The summed E-state index contributed by atoms with van der Waals surface area (Å²) >= 11 is 7.25. The quantitative estimate of drug-likeness (QED) is 0.688. The fourth-order valence-electron chi connectivity index (χ4n) is 3.30. The van der Waals surface area contributed by atoms with Crippen molar-refractivity contribution in [3.63, 3.8) is 0 Å². The minimum atomic E-state index is -0.325. The second kappa shape index (κ2) is 8.48. The molecule has 1 amide bonds. The van der Waals surface area contributed by atoms with Gasteiger partial charge in [-0.2, -0.15) is 8.75 Å². The number of halogens is 2. The van der Waals surface area contributed by atoms with Gasteiger partial charge in [-0.3, -0.25) is 14.6 Å². The smallest absolute Gasteiger partial charge is 0.238 e. The number of rotatable bonds is 5. The molecule has 6 nitrogen and oxygen atoms in total. The van der Waals surface area contributed by atoms with E-state index in [0.717, 1.165) is 54.5 Å². The van der Waals surface area contributed by atoms with Crippen molar-refractivity contribution in [2.75, 3.05) is 38.0 Å². The van der Waals surface area contributed by atoms with E-state index in [2.05, 4.69) is 23.9 Å². The summed E-state index contributed by atoms with van der Waals surface area (Å²) in [6.07, 6.45) is 0. The Kier molecular flexibility index (Phi) is 5.82. The Labute approximate surface area is 171 Å². The lowest BCUT2D eigenvalue weighted by Gasteiger charge is -2.34. The molecular formula is C19H19ClFN5OS. The van der Waals surface area contributed by atoms with E-state index in [1.807, 2.05) is 18.2 Å². The maximum absolute atomic E-state index is 13.2. The third-order valence-electron chi connectivity index (χ3n) is 4.80. The molecule has 146 valence electrons. The average molecular weight is 420 g/mol. The van der Waals surface area contributed by atoms with Crippen molar-refractivity contribution in [1.29, 1.82) is 0 Å². The Morgan fingerprint density at radius 2 is 1.93 bits per heavy atom. The number of anilines is 1. The van der Waals surface area contributed by atoms with Gasteiger partial charge in [0.1, 0.15) is 16.9 Å². The van der Waals surface area contributed by atoms with Crippen LogP contribution in [0.5, 0.6) is 0 Å². The van der Waals surface area contributed by atoms with Crippen LogP contribution in [0.2, 0.25) is 5.02 Å². The highest BCUT2D eigenvalue weighted by atomic mass is 35.5. The summed E-state index contributed by atoms with van der Waals surface area (Å²) in [6, 6.07) is 10.1. The molecule has 4 rings (SSSR count). The van der Waals surface area contributed by atoms with Crippen LogP contribution in [0.3, 0.4) is 0 Å². The number of fused-ring (bicyclic) bond motifs is 1. The van der Waals surface area contributed by atoms with E-state index in [4.69, 9.17) is 11.6 Å². The van der Waals surface area contributed by atoms with Gasteiger partial charge in [-0.15, -0.1) is 0 Å². The molecule has 1 aliphatic rings. The Balaban J connectivity index is 1.28. The van der Waals surface area contributed by atoms with Crippen molar-refractivity contribution in [2.45, 2.75) is 6.54 Å². The van der Waals surface area contributed by atoms with Gasteiger partial charge in [0.05, 0.1) is 24.0 Å². The van der Waals surface area contributed by atoms with Crippen LogP contribution in [0, 0.1) is 5.82 Å². The predicted octanol–water partition coefficient (Wildman–Crippen LogP) is 3.24.